The molecule has 2 aromatic rings. The van der Waals surface area contributed by atoms with E-state index in [0.717, 1.165) is 6.21 Å². The van der Waals surface area contributed by atoms with Crippen LogP contribution in [0.4, 0.5) is 0 Å². The molecule has 2 aromatic carbocycles. The molecule has 22 heavy (non-hydrogen) atoms. The van der Waals surface area contributed by atoms with Crippen molar-refractivity contribution in [1.29, 1.82) is 0 Å². The van der Waals surface area contributed by atoms with Gasteiger partial charge in [-0.05, 0) is 24.3 Å². The maximum Gasteiger partial charge on any atom is 0.339 e. The minimum atomic E-state index is -4.04. The highest BCUT2D eigenvalue weighted by Gasteiger charge is 2.21. The van der Waals surface area contributed by atoms with Crippen LogP contribution in [0.25, 0.3) is 0 Å². The first-order valence-corrected chi connectivity index (χ1v) is 7.81. The average Bonchev–Trinajstić information content (AvgIpc) is 2.51. The van der Waals surface area contributed by atoms with Gasteiger partial charge >= 0.3 is 10.1 Å². The maximum atomic E-state index is 12.2. The van der Waals surface area contributed by atoms with Crippen LogP contribution in [0.2, 0.25) is 5.02 Å². The molecule has 0 saturated heterocycles. The number of oxime groups is 1. The molecule has 0 bridgehead atoms. The summed E-state index contributed by atoms with van der Waals surface area (Å²) < 4.78 is 34.6. The monoisotopic (exact) mass is 341 g/mol. The molecule has 0 atom stereocenters. The Morgan fingerprint density at radius 3 is 2.50 bits per heavy atom. The van der Waals surface area contributed by atoms with Crippen molar-refractivity contribution in [2.45, 2.75) is 4.90 Å². The van der Waals surface area contributed by atoms with Crippen molar-refractivity contribution in [3.8, 4) is 11.5 Å². The Balaban J connectivity index is 2.45. The van der Waals surface area contributed by atoms with Gasteiger partial charge in [-0.25, -0.2) is 0 Å². The summed E-state index contributed by atoms with van der Waals surface area (Å²) in [5.74, 6) is -0.0370. The summed E-state index contributed by atoms with van der Waals surface area (Å²) in [6.07, 6.45) is 1.13. The zero-order valence-corrected chi connectivity index (χ0v) is 13.0. The van der Waals surface area contributed by atoms with Gasteiger partial charge in [0.05, 0.1) is 18.3 Å². The van der Waals surface area contributed by atoms with Crippen LogP contribution in [0.3, 0.4) is 0 Å². The van der Waals surface area contributed by atoms with Crippen LogP contribution in [0, 0.1) is 0 Å². The fraction of sp³-hybridized carbons (Fsp3) is 0.0714. The third kappa shape index (κ3) is 3.49. The molecule has 0 heterocycles. The molecule has 8 heteroatoms. The molecule has 2 rings (SSSR count). The van der Waals surface area contributed by atoms with Gasteiger partial charge in [0.25, 0.3) is 0 Å². The van der Waals surface area contributed by atoms with Gasteiger partial charge in [0, 0.05) is 5.56 Å². The molecule has 0 aliphatic rings. The Labute approximate surface area is 132 Å². The number of benzene rings is 2. The standard InChI is InChI=1S/C14H12ClNO5S/c1-20-13-8-10(9-16-17)7-12(15)14(13)21-22(18,19)11-5-3-2-4-6-11/h2-9,17H,1H3/b16-9-. The number of nitrogens with zero attached hydrogens (tertiary/aromatic N) is 1. The Kier molecular flexibility index (Phi) is 4.89. The second-order valence-corrected chi connectivity index (χ2v) is 6.08. The number of halogens is 1. The van der Waals surface area contributed by atoms with Gasteiger partial charge in [0.1, 0.15) is 4.90 Å². The van der Waals surface area contributed by atoms with Crippen molar-refractivity contribution in [1.82, 2.24) is 0 Å². The van der Waals surface area contributed by atoms with Crippen molar-refractivity contribution in [2.75, 3.05) is 7.11 Å². The first kappa shape index (κ1) is 16.1. The molecular formula is C14H12ClNO5S. The fourth-order valence-corrected chi connectivity index (χ4v) is 2.99. The number of hydrogen-bond donors (Lipinski definition) is 1. The summed E-state index contributed by atoms with van der Waals surface area (Å²) in [6, 6.07) is 10.5. The lowest BCUT2D eigenvalue weighted by Gasteiger charge is -2.13. The molecule has 0 spiro atoms. The predicted molar refractivity (Wildman–Crippen MR) is 81.6 cm³/mol. The molecule has 0 amide bonds. The molecule has 0 fully saturated rings. The van der Waals surface area contributed by atoms with Crippen molar-refractivity contribution in [3.63, 3.8) is 0 Å². The van der Waals surface area contributed by atoms with Gasteiger partial charge in [-0.2, -0.15) is 8.42 Å². The SMILES string of the molecule is COc1cc(/C=N\O)cc(Cl)c1OS(=O)(=O)c1ccccc1. The Bertz CT molecular complexity index is 790. The Hall–Kier alpha value is -2.25. The number of hydrogen-bond acceptors (Lipinski definition) is 6. The predicted octanol–water partition coefficient (Wildman–Crippen LogP) is 2.92. The number of rotatable bonds is 5. The van der Waals surface area contributed by atoms with Gasteiger partial charge in [-0.3, -0.25) is 0 Å². The third-order valence-electron chi connectivity index (χ3n) is 2.68. The average molecular weight is 342 g/mol. The topological polar surface area (TPSA) is 85.2 Å². The van der Waals surface area contributed by atoms with Crippen LogP contribution in [0.15, 0.2) is 52.5 Å². The molecule has 0 aromatic heterocycles. The van der Waals surface area contributed by atoms with E-state index in [4.69, 9.17) is 25.7 Å². The van der Waals surface area contributed by atoms with E-state index in [-0.39, 0.29) is 21.4 Å². The first-order valence-electron chi connectivity index (χ1n) is 6.02. The van der Waals surface area contributed by atoms with Gasteiger partial charge in [0.2, 0.25) is 5.75 Å². The van der Waals surface area contributed by atoms with E-state index in [9.17, 15) is 8.42 Å². The van der Waals surface area contributed by atoms with Crippen LogP contribution < -0.4 is 8.92 Å². The fourth-order valence-electron chi connectivity index (χ4n) is 1.71. The highest BCUT2D eigenvalue weighted by molar-refractivity contribution is 7.87. The molecule has 6 nitrogen and oxygen atoms in total. The van der Waals surface area contributed by atoms with Crippen molar-refractivity contribution in [2.24, 2.45) is 5.16 Å². The van der Waals surface area contributed by atoms with E-state index >= 15 is 0 Å². The molecule has 0 radical (unpaired) electrons. The van der Waals surface area contributed by atoms with E-state index < -0.39 is 10.1 Å². The third-order valence-corrected chi connectivity index (χ3v) is 4.20. The summed E-state index contributed by atoms with van der Waals surface area (Å²) >= 11 is 6.03. The van der Waals surface area contributed by atoms with Crippen LogP contribution in [-0.2, 0) is 10.1 Å². The van der Waals surface area contributed by atoms with E-state index in [1.165, 1.54) is 31.4 Å². The molecule has 0 aliphatic carbocycles. The smallest absolute Gasteiger partial charge is 0.339 e. The number of methoxy groups -OCH3 is 1. The van der Waals surface area contributed by atoms with Crippen LogP contribution in [0.1, 0.15) is 5.56 Å². The van der Waals surface area contributed by atoms with Crippen molar-refractivity contribution >= 4 is 27.9 Å². The quantitative estimate of drug-likeness (QED) is 0.391. The van der Waals surface area contributed by atoms with Crippen LogP contribution in [0.5, 0.6) is 11.5 Å². The summed E-state index contributed by atoms with van der Waals surface area (Å²) in [7, 11) is -2.70. The largest absolute Gasteiger partial charge is 0.493 e. The van der Waals surface area contributed by atoms with E-state index in [1.54, 1.807) is 18.2 Å². The van der Waals surface area contributed by atoms with Crippen molar-refractivity contribution < 1.29 is 22.5 Å². The van der Waals surface area contributed by atoms with Gasteiger partial charge in [0.15, 0.2) is 5.75 Å². The summed E-state index contributed by atoms with van der Waals surface area (Å²) in [4.78, 5) is -0.00545. The minimum absolute atomic E-state index is 0.00545. The van der Waals surface area contributed by atoms with Crippen LogP contribution in [-0.4, -0.2) is 26.9 Å². The zero-order chi connectivity index (χ0) is 16.2. The highest BCUT2D eigenvalue weighted by atomic mass is 35.5. The summed E-state index contributed by atoms with van der Waals surface area (Å²) in [6.45, 7) is 0. The highest BCUT2D eigenvalue weighted by Crippen LogP contribution is 2.37. The summed E-state index contributed by atoms with van der Waals surface area (Å²) in [5.41, 5.74) is 0.425. The Morgan fingerprint density at radius 2 is 1.91 bits per heavy atom. The minimum Gasteiger partial charge on any atom is -0.493 e. The van der Waals surface area contributed by atoms with E-state index in [1.807, 2.05) is 0 Å². The summed E-state index contributed by atoms with van der Waals surface area (Å²) in [5, 5.41) is 11.4. The first-order chi connectivity index (χ1) is 10.5. The lowest BCUT2D eigenvalue weighted by molar-refractivity contribution is 0.322. The van der Waals surface area contributed by atoms with E-state index in [2.05, 4.69) is 5.16 Å². The molecule has 0 unspecified atom stereocenters. The Morgan fingerprint density at radius 1 is 1.23 bits per heavy atom. The molecule has 116 valence electrons. The molecule has 0 aliphatic heterocycles. The van der Waals surface area contributed by atoms with Crippen LogP contribution >= 0.6 is 11.6 Å². The zero-order valence-electron chi connectivity index (χ0n) is 11.4. The molecule has 1 N–H and O–H groups in total. The van der Waals surface area contributed by atoms with Gasteiger partial charge in [-0.1, -0.05) is 35.0 Å². The lowest BCUT2D eigenvalue weighted by atomic mass is 10.2. The second-order valence-electron chi connectivity index (χ2n) is 4.13. The maximum absolute atomic E-state index is 12.2. The molecule has 0 saturated carbocycles. The van der Waals surface area contributed by atoms with Crippen molar-refractivity contribution in [3.05, 3.63) is 53.1 Å². The normalized spacial score (nSPS) is 11.5. The molecular weight excluding hydrogens is 330 g/mol. The second kappa shape index (κ2) is 6.67. The lowest BCUT2D eigenvalue weighted by Crippen LogP contribution is -2.10. The number of ether oxygens (including phenoxy) is 1. The van der Waals surface area contributed by atoms with Gasteiger partial charge in [-0.15, -0.1) is 0 Å². The van der Waals surface area contributed by atoms with E-state index in [0.29, 0.717) is 5.56 Å². The van der Waals surface area contributed by atoms with Gasteiger partial charge < -0.3 is 14.1 Å².